The van der Waals surface area contributed by atoms with Crippen LogP contribution in [0.2, 0.25) is 0 Å². The molecule has 1 aliphatic rings. The summed E-state index contributed by atoms with van der Waals surface area (Å²) in [7, 11) is 3.14. The molecule has 1 heterocycles. The molecule has 3 aromatic rings. The summed E-state index contributed by atoms with van der Waals surface area (Å²) in [6.45, 7) is 2.02. The highest BCUT2D eigenvalue weighted by Crippen LogP contribution is 2.35. The van der Waals surface area contributed by atoms with Crippen molar-refractivity contribution in [2.75, 3.05) is 14.2 Å². The minimum atomic E-state index is -1.06. The van der Waals surface area contributed by atoms with Crippen LogP contribution in [-0.4, -0.2) is 57.6 Å². The summed E-state index contributed by atoms with van der Waals surface area (Å²) in [5.74, 6) is 0.135. The highest BCUT2D eigenvalue weighted by atomic mass is 16.5. The van der Waals surface area contributed by atoms with Gasteiger partial charge in [-0.15, -0.1) is 5.10 Å². The van der Waals surface area contributed by atoms with E-state index in [9.17, 15) is 15.0 Å². The number of aromatic carboxylic acids is 1. The number of nitrogens with zero attached hydrogens (tertiary/aromatic N) is 3. The molecule has 2 aromatic carbocycles. The van der Waals surface area contributed by atoms with Gasteiger partial charge in [-0.25, -0.2) is 9.48 Å². The van der Waals surface area contributed by atoms with Crippen molar-refractivity contribution < 1.29 is 29.2 Å². The topological polar surface area (TPSA) is 116 Å². The van der Waals surface area contributed by atoms with E-state index in [0.717, 1.165) is 31.2 Å². The smallest absolute Gasteiger partial charge is 0.337 e. The van der Waals surface area contributed by atoms with Gasteiger partial charge in [0.05, 0.1) is 32.4 Å². The van der Waals surface area contributed by atoms with Crippen LogP contribution in [0.15, 0.2) is 30.3 Å². The molecule has 1 aliphatic carbocycles. The maximum absolute atomic E-state index is 11.8. The molecule has 176 valence electrons. The van der Waals surface area contributed by atoms with E-state index < -0.39 is 18.2 Å². The van der Waals surface area contributed by atoms with Crippen molar-refractivity contribution in [3.8, 4) is 11.5 Å². The average Bonchev–Trinajstić information content (AvgIpc) is 3.48. The predicted octanol–water partition coefficient (Wildman–Crippen LogP) is 3.52. The number of aliphatic hydroxyl groups is 1. The number of carboxylic acids is 1. The molecule has 0 spiro atoms. The van der Waals surface area contributed by atoms with Gasteiger partial charge in [0.15, 0.2) is 0 Å². The van der Waals surface area contributed by atoms with Crippen molar-refractivity contribution in [2.45, 2.75) is 57.5 Å². The molecule has 0 saturated heterocycles. The summed E-state index contributed by atoms with van der Waals surface area (Å²) in [5.41, 5.74) is 2.39. The maximum Gasteiger partial charge on any atom is 0.337 e. The van der Waals surface area contributed by atoms with Crippen molar-refractivity contribution in [1.29, 1.82) is 0 Å². The van der Waals surface area contributed by atoms with Crippen LogP contribution in [0.5, 0.6) is 11.5 Å². The molecule has 1 fully saturated rings. The van der Waals surface area contributed by atoms with Crippen molar-refractivity contribution >= 4 is 17.0 Å². The second-order valence-electron chi connectivity index (χ2n) is 8.33. The first-order chi connectivity index (χ1) is 15.9. The fraction of sp³-hybridized carbons (Fsp3) is 0.458. The lowest BCUT2D eigenvalue weighted by atomic mass is 10.0. The Morgan fingerprint density at radius 1 is 1.18 bits per heavy atom. The van der Waals surface area contributed by atoms with E-state index in [1.54, 1.807) is 38.5 Å². The SMILES string of the molecule is COc1cc([C@@H](O)[C@H](Cn2nnc3cccc(C(=O)O)c32)OC2CCCC2)cc(OC)c1C. The lowest BCUT2D eigenvalue weighted by Gasteiger charge is -2.27. The third-order valence-electron chi connectivity index (χ3n) is 6.25. The van der Waals surface area contributed by atoms with Gasteiger partial charge in [-0.3, -0.25) is 0 Å². The van der Waals surface area contributed by atoms with E-state index >= 15 is 0 Å². The number of fused-ring (bicyclic) bond motifs is 1. The Labute approximate surface area is 191 Å². The zero-order valence-corrected chi connectivity index (χ0v) is 19.0. The van der Waals surface area contributed by atoms with Crippen LogP contribution in [0.25, 0.3) is 11.0 Å². The largest absolute Gasteiger partial charge is 0.496 e. The Morgan fingerprint density at radius 2 is 1.85 bits per heavy atom. The number of carboxylic acid groups (broad SMARTS) is 1. The molecule has 0 radical (unpaired) electrons. The predicted molar refractivity (Wildman–Crippen MR) is 121 cm³/mol. The monoisotopic (exact) mass is 455 g/mol. The summed E-state index contributed by atoms with van der Waals surface area (Å²) in [5, 5.41) is 29.3. The molecule has 1 aromatic heterocycles. The minimum absolute atomic E-state index is 0.0209. The summed E-state index contributed by atoms with van der Waals surface area (Å²) in [4.78, 5) is 11.8. The number of hydrogen-bond donors (Lipinski definition) is 2. The lowest BCUT2D eigenvalue weighted by Crippen LogP contribution is -2.32. The van der Waals surface area contributed by atoms with E-state index in [0.29, 0.717) is 28.1 Å². The van der Waals surface area contributed by atoms with Crippen LogP contribution in [0.4, 0.5) is 0 Å². The zero-order chi connectivity index (χ0) is 23.5. The second-order valence-corrected chi connectivity index (χ2v) is 8.33. The van der Waals surface area contributed by atoms with Gasteiger partial charge < -0.3 is 24.4 Å². The summed E-state index contributed by atoms with van der Waals surface area (Å²) >= 11 is 0. The van der Waals surface area contributed by atoms with Crippen molar-refractivity contribution in [3.05, 3.63) is 47.0 Å². The van der Waals surface area contributed by atoms with Crippen molar-refractivity contribution in [2.24, 2.45) is 0 Å². The first-order valence-electron chi connectivity index (χ1n) is 11.0. The highest BCUT2D eigenvalue weighted by Gasteiger charge is 2.30. The molecular formula is C24H29N3O6. The molecule has 9 heteroatoms. The number of methoxy groups -OCH3 is 2. The molecule has 4 rings (SSSR count). The molecule has 2 atom stereocenters. The van der Waals surface area contributed by atoms with Crippen LogP contribution in [0.3, 0.4) is 0 Å². The number of aromatic nitrogens is 3. The first-order valence-corrected chi connectivity index (χ1v) is 11.0. The van der Waals surface area contributed by atoms with Crippen LogP contribution >= 0.6 is 0 Å². The van der Waals surface area contributed by atoms with Crippen LogP contribution in [-0.2, 0) is 11.3 Å². The maximum atomic E-state index is 11.8. The zero-order valence-electron chi connectivity index (χ0n) is 19.0. The number of benzene rings is 2. The third kappa shape index (κ3) is 4.65. The van der Waals surface area contributed by atoms with E-state index in [1.165, 1.54) is 10.7 Å². The molecule has 0 bridgehead atoms. The summed E-state index contributed by atoms with van der Waals surface area (Å²) in [6.07, 6.45) is 2.31. The van der Waals surface area contributed by atoms with Gasteiger partial charge in [-0.2, -0.15) is 0 Å². The molecular weight excluding hydrogens is 426 g/mol. The van der Waals surface area contributed by atoms with Gasteiger partial charge >= 0.3 is 5.97 Å². The van der Waals surface area contributed by atoms with Crippen molar-refractivity contribution in [1.82, 2.24) is 15.0 Å². The van der Waals surface area contributed by atoms with Crippen molar-refractivity contribution in [3.63, 3.8) is 0 Å². The molecule has 0 aliphatic heterocycles. The first kappa shape index (κ1) is 23.0. The Morgan fingerprint density at radius 3 is 2.45 bits per heavy atom. The van der Waals surface area contributed by atoms with Gasteiger partial charge in [0.25, 0.3) is 0 Å². The second kappa shape index (κ2) is 9.76. The number of rotatable bonds is 9. The van der Waals surface area contributed by atoms with Crippen LogP contribution in [0, 0.1) is 6.92 Å². The molecule has 2 N–H and O–H groups in total. The average molecular weight is 456 g/mol. The Bertz CT molecular complexity index is 1110. The molecule has 0 unspecified atom stereocenters. The molecule has 0 amide bonds. The molecule has 33 heavy (non-hydrogen) atoms. The quantitative estimate of drug-likeness (QED) is 0.504. The van der Waals surface area contributed by atoms with Gasteiger partial charge in [-0.05, 0) is 49.6 Å². The normalized spacial score (nSPS) is 16.1. The molecule has 1 saturated carbocycles. The van der Waals surface area contributed by atoms with Crippen LogP contribution in [0.1, 0.15) is 53.3 Å². The Kier molecular flexibility index (Phi) is 6.80. The van der Waals surface area contributed by atoms with Gasteiger partial charge in [0.2, 0.25) is 0 Å². The lowest BCUT2D eigenvalue weighted by molar-refractivity contribution is -0.0842. The standard InChI is InChI=1S/C24H29N3O6/c1-14-19(31-2)11-15(12-20(14)32-3)23(28)21(33-16-7-4-5-8-16)13-27-22-17(24(29)30)9-6-10-18(22)25-26-27/h6,9-12,16,21,23,28H,4-5,7-8,13H2,1-3H3,(H,29,30)/t21-,23+/m0/s1. The number of carbonyl (C=O) groups is 1. The number of aliphatic hydroxyl groups excluding tert-OH is 1. The third-order valence-corrected chi connectivity index (χ3v) is 6.25. The fourth-order valence-electron chi connectivity index (χ4n) is 4.48. The number of hydrogen-bond acceptors (Lipinski definition) is 7. The Hall–Kier alpha value is -3.17. The van der Waals surface area contributed by atoms with Crippen LogP contribution < -0.4 is 9.47 Å². The highest BCUT2D eigenvalue weighted by molar-refractivity contribution is 6.00. The van der Waals surface area contributed by atoms with Gasteiger partial charge in [-0.1, -0.05) is 24.1 Å². The minimum Gasteiger partial charge on any atom is -0.496 e. The summed E-state index contributed by atoms with van der Waals surface area (Å²) in [6, 6.07) is 8.41. The Balaban J connectivity index is 1.72. The van der Waals surface area contributed by atoms with Gasteiger partial charge in [0, 0.05) is 5.56 Å². The van der Waals surface area contributed by atoms with Gasteiger partial charge in [0.1, 0.15) is 34.7 Å². The molecule has 9 nitrogen and oxygen atoms in total. The van der Waals surface area contributed by atoms with E-state index in [1.807, 2.05) is 6.92 Å². The summed E-state index contributed by atoms with van der Waals surface area (Å²) < 4.78 is 18.8. The number of para-hydroxylation sites is 1. The fourth-order valence-corrected chi connectivity index (χ4v) is 4.48. The van der Waals surface area contributed by atoms with E-state index in [2.05, 4.69) is 10.3 Å². The van der Waals surface area contributed by atoms with E-state index in [-0.39, 0.29) is 18.2 Å². The number of ether oxygens (including phenoxy) is 3. The van der Waals surface area contributed by atoms with E-state index in [4.69, 9.17) is 14.2 Å².